The number of fused-ring (bicyclic) bond motifs is 1. The van der Waals surface area contributed by atoms with Crippen LogP contribution in [0.5, 0.6) is 5.75 Å². The number of hydrogen-bond donors (Lipinski definition) is 1. The second-order valence-corrected chi connectivity index (χ2v) is 5.32. The van der Waals surface area contributed by atoms with E-state index in [4.69, 9.17) is 5.73 Å². The average molecular weight is 284 g/mol. The highest BCUT2D eigenvalue weighted by Gasteiger charge is 2.35. The van der Waals surface area contributed by atoms with Crippen molar-refractivity contribution in [1.82, 2.24) is 0 Å². The van der Waals surface area contributed by atoms with Crippen LogP contribution >= 0.6 is 0 Å². The van der Waals surface area contributed by atoms with Crippen LogP contribution in [0.4, 0.5) is 18.9 Å². The molecule has 3 rings (SSSR count). The molecule has 1 aromatic rings. The Hall–Kier alpha value is -1.85. The number of alkyl halides is 3. The van der Waals surface area contributed by atoms with Gasteiger partial charge in [0.05, 0.1) is 0 Å². The number of benzene rings is 1. The van der Waals surface area contributed by atoms with Gasteiger partial charge < -0.3 is 15.4 Å². The molecule has 1 aromatic carbocycles. The van der Waals surface area contributed by atoms with E-state index in [0.717, 1.165) is 30.9 Å². The predicted molar refractivity (Wildman–Crippen MR) is 69.2 cm³/mol. The second-order valence-electron chi connectivity index (χ2n) is 5.32. The molecule has 108 valence electrons. The molecule has 1 aliphatic carbocycles. The Morgan fingerprint density at radius 1 is 1.15 bits per heavy atom. The van der Waals surface area contributed by atoms with Crippen LogP contribution in [0.15, 0.2) is 36.0 Å². The zero-order chi connectivity index (χ0) is 14.3. The third-order valence-electron chi connectivity index (χ3n) is 3.85. The quantitative estimate of drug-likeness (QED) is 0.907. The molecule has 2 aliphatic rings. The van der Waals surface area contributed by atoms with Crippen molar-refractivity contribution in [3.63, 3.8) is 0 Å². The van der Waals surface area contributed by atoms with E-state index in [1.54, 1.807) is 12.1 Å². The zero-order valence-corrected chi connectivity index (χ0v) is 10.7. The van der Waals surface area contributed by atoms with E-state index in [1.165, 1.54) is 12.1 Å². The van der Waals surface area contributed by atoms with Crippen LogP contribution in [0.2, 0.25) is 0 Å². The van der Waals surface area contributed by atoms with E-state index in [9.17, 15) is 13.2 Å². The number of ether oxygens (including phenoxy) is 1. The van der Waals surface area contributed by atoms with E-state index in [0.29, 0.717) is 11.8 Å². The van der Waals surface area contributed by atoms with Crippen molar-refractivity contribution in [2.24, 2.45) is 17.6 Å². The molecule has 6 heteroatoms. The van der Waals surface area contributed by atoms with Crippen molar-refractivity contribution in [3.8, 4) is 5.75 Å². The van der Waals surface area contributed by atoms with Crippen LogP contribution in [0.1, 0.15) is 6.42 Å². The fraction of sp³-hybridized carbons (Fsp3) is 0.429. The lowest BCUT2D eigenvalue weighted by atomic mass is 10.0. The molecule has 3 nitrogen and oxygen atoms in total. The maximum absolute atomic E-state index is 12.1. The number of nitrogens with two attached hydrogens (primary N) is 1. The summed E-state index contributed by atoms with van der Waals surface area (Å²) >= 11 is 0. The van der Waals surface area contributed by atoms with Crippen LogP contribution in [-0.4, -0.2) is 19.5 Å². The minimum atomic E-state index is -4.64. The third-order valence-corrected chi connectivity index (χ3v) is 3.85. The summed E-state index contributed by atoms with van der Waals surface area (Å²) in [6.07, 6.45) is -1.63. The van der Waals surface area contributed by atoms with Crippen LogP contribution in [0.3, 0.4) is 0 Å². The van der Waals surface area contributed by atoms with Crippen LogP contribution in [0.25, 0.3) is 0 Å². The number of halogens is 3. The number of allylic oxidation sites excluding steroid dienone is 1. The van der Waals surface area contributed by atoms with Gasteiger partial charge >= 0.3 is 6.36 Å². The highest BCUT2D eigenvalue weighted by molar-refractivity contribution is 5.51. The van der Waals surface area contributed by atoms with Crippen LogP contribution in [-0.2, 0) is 0 Å². The Bertz CT molecular complexity index is 524. The molecule has 0 bridgehead atoms. The lowest BCUT2D eigenvalue weighted by Crippen LogP contribution is -2.21. The molecule has 1 aliphatic heterocycles. The molecule has 0 saturated carbocycles. The normalized spacial score (nSPS) is 25.6. The van der Waals surface area contributed by atoms with Gasteiger partial charge in [-0.15, -0.1) is 13.2 Å². The van der Waals surface area contributed by atoms with Crippen LogP contribution < -0.4 is 15.4 Å². The monoisotopic (exact) mass is 284 g/mol. The first kappa shape index (κ1) is 13.1. The van der Waals surface area contributed by atoms with Crippen molar-refractivity contribution < 1.29 is 17.9 Å². The van der Waals surface area contributed by atoms with Gasteiger partial charge in [-0.05, 0) is 36.6 Å². The summed E-state index contributed by atoms with van der Waals surface area (Å²) in [6.45, 7) is 1.76. The molecule has 0 radical (unpaired) electrons. The Labute approximate surface area is 114 Å². The van der Waals surface area contributed by atoms with E-state index in [2.05, 4.69) is 15.7 Å². The number of anilines is 1. The van der Waals surface area contributed by atoms with E-state index in [1.807, 2.05) is 0 Å². The maximum Gasteiger partial charge on any atom is 0.573 e. The van der Waals surface area contributed by atoms with Gasteiger partial charge in [-0.25, -0.2) is 0 Å². The topological polar surface area (TPSA) is 38.5 Å². The van der Waals surface area contributed by atoms with Crippen LogP contribution in [0, 0.1) is 11.8 Å². The van der Waals surface area contributed by atoms with Crippen molar-refractivity contribution in [1.29, 1.82) is 0 Å². The first-order valence-electron chi connectivity index (χ1n) is 6.47. The maximum atomic E-state index is 12.1. The van der Waals surface area contributed by atoms with Gasteiger partial charge in [0.1, 0.15) is 5.75 Å². The van der Waals surface area contributed by atoms with Gasteiger partial charge in [-0.2, -0.15) is 0 Å². The van der Waals surface area contributed by atoms with E-state index < -0.39 is 6.36 Å². The summed E-state index contributed by atoms with van der Waals surface area (Å²) in [6, 6.07) is 6.02. The molecular formula is C14H15F3N2O. The third kappa shape index (κ3) is 2.69. The second kappa shape index (κ2) is 4.61. The Morgan fingerprint density at radius 2 is 1.85 bits per heavy atom. The Kier molecular flexibility index (Phi) is 3.03. The first-order chi connectivity index (χ1) is 9.40. The molecule has 2 atom stereocenters. The minimum Gasteiger partial charge on any atom is -0.406 e. The molecule has 0 amide bonds. The van der Waals surface area contributed by atoms with Gasteiger partial charge in [0.2, 0.25) is 0 Å². The van der Waals surface area contributed by atoms with Gasteiger partial charge in [0.15, 0.2) is 0 Å². The van der Waals surface area contributed by atoms with Gasteiger partial charge in [-0.1, -0.05) is 6.08 Å². The molecule has 20 heavy (non-hydrogen) atoms. The predicted octanol–water partition coefficient (Wildman–Crippen LogP) is 2.88. The summed E-state index contributed by atoms with van der Waals surface area (Å²) < 4.78 is 40.1. The molecule has 1 fully saturated rings. The Balaban J connectivity index is 1.67. The van der Waals surface area contributed by atoms with Crippen molar-refractivity contribution >= 4 is 5.69 Å². The van der Waals surface area contributed by atoms with Gasteiger partial charge in [-0.3, -0.25) is 0 Å². The van der Waals surface area contributed by atoms with E-state index >= 15 is 0 Å². The van der Waals surface area contributed by atoms with Gasteiger partial charge in [0, 0.05) is 30.4 Å². The van der Waals surface area contributed by atoms with Crippen molar-refractivity contribution in [3.05, 3.63) is 36.0 Å². The summed E-state index contributed by atoms with van der Waals surface area (Å²) in [5.41, 5.74) is 7.68. The summed E-state index contributed by atoms with van der Waals surface area (Å²) in [5.74, 6) is 0.798. The fourth-order valence-electron chi connectivity index (χ4n) is 3.02. The largest absolute Gasteiger partial charge is 0.573 e. The standard InChI is InChI=1S/C14H15F3N2O/c15-14(16,17)20-13-3-1-12(2-4-13)19-7-9-5-11(18)6-10(9)8-19/h1-5,9-10H,6-8,18H2. The molecule has 0 spiro atoms. The fourth-order valence-corrected chi connectivity index (χ4v) is 3.02. The number of rotatable bonds is 2. The smallest absolute Gasteiger partial charge is 0.406 e. The minimum absolute atomic E-state index is 0.190. The highest BCUT2D eigenvalue weighted by Crippen LogP contribution is 2.37. The van der Waals surface area contributed by atoms with Gasteiger partial charge in [0.25, 0.3) is 0 Å². The lowest BCUT2D eigenvalue weighted by molar-refractivity contribution is -0.274. The summed E-state index contributed by atoms with van der Waals surface area (Å²) in [7, 11) is 0. The van der Waals surface area contributed by atoms with Crippen molar-refractivity contribution in [2.45, 2.75) is 12.8 Å². The lowest BCUT2D eigenvalue weighted by Gasteiger charge is -2.19. The molecular weight excluding hydrogens is 269 g/mol. The molecule has 2 N–H and O–H groups in total. The average Bonchev–Trinajstić information content (AvgIpc) is 2.84. The first-order valence-corrected chi connectivity index (χ1v) is 6.47. The molecule has 0 aromatic heterocycles. The number of nitrogens with zero attached hydrogens (tertiary/aromatic N) is 1. The Morgan fingerprint density at radius 3 is 2.45 bits per heavy atom. The SMILES string of the molecule is NC1=CC2CN(c3ccc(OC(F)(F)F)cc3)CC2C1. The molecule has 2 unspecified atom stereocenters. The van der Waals surface area contributed by atoms with Crippen molar-refractivity contribution in [2.75, 3.05) is 18.0 Å². The molecule has 1 heterocycles. The number of hydrogen-bond acceptors (Lipinski definition) is 3. The zero-order valence-electron chi connectivity index (χ0n) is 10.7. The highest BCUT2D eigenvalue weighted by atomic mass is 19.4. The van der Waals surface area contributed by atoms with E-state index in [-0.39, 0.29) is 5.75 Å². The summed E-state index contributed by atoms with van der Waals surface area (Å²) in [4.78, 5) is 2.18. The molecule has 1 saturated heterocycles. The summed E-state index contributed by atoms with van der Waals surface area (Å²) in [5, 5.41) is 0.